The predicted molar refractivity (Wildman–Crippen MR) is 62.7 cm³/mol. The molecule has 0 radical (unpaired) electrons. The highest BCUT2D eigenvalue weighted by molar-refractivity contribution is 5.52. The van der Waals surface area contributed by atoms with E-state index in [0.29, 0.717) is 6.04 Å². The number of nitrogens with zero attached hydrogens (tertiary/aromatic N) is 1. The Labute approximate surface area is 86.9 Å². The third-order valence-electron chi connectivity index (χ3n) is 2.17. The fraction of sp³-hybridized carbons (Fsp3) is 0.500. The molecule has 0 saturated heterocycles. The lowest BCUT2D eigenvalue weighted by atomic mass is 10.1. The lowest BCUT2D eigenvalue weighted by Crippen LogP contribution is -2.23. The third kappa shape index (κ3) is 3.04. The first-order valence-corrected chi connectivity index (χ1v) is 5.10. The molecule has 0 fully saturated rings. The number of benzene rings is 1. The molecule has 2 nitrogen and oxygen atoms in total. The SMILES string of the molecule is CC(C)NCc1ccccc1N(C)C. The van der Waals surface area contributed by atoms with E-state index in [1.54, 1.807) is 0 Å². The van der Waals surface area contributed by atoms with E-state index in [4.69, 9.17) is 0 Å². The van der Waals surface area contributed by atoms with Crippen molar-refractivity contribution in [1.82, 2.24) is 5.32 Å². The average Bonchev–Trinajstić information content (AvgIpc) is 2.15. The Morgan fingerprint density at radius 3 is 2.43 bits per heavy atom. The minimum Gasteiger partial charge on any atom is -0.377 e. The van der Waals surface area contributed by atoms with Crippen LogP contribution in [0.3, 0.4) is 0 Å². The fourth-order valence-corrected chi connectivity index (χ4v) is 1.41. The number of hydrogen-bond acceptors (Lipinski definition) is 2. The lowest BCUT2D eigenvalue weighted by molar-refractivity contribution is 0.589. The number of hydrogen-bond donors (Lipinski definition) is 1. The molecule has 1 aromatic rings. The van der Waals surface area contributed by atoms with Gasteiger partial charge in [-0.15, -0.1) is 0 Å². The van der Waals surface area contributed by atoms with Gasteiger partial charge in [-0.2, -0.15) is 0 Å². The minimum absolute atomic E-state index is 0.533. The summed E-state index contributed by atoms with van der Waals surface area (Å²) in [5, 5.41) is 3.43. The molecule has 0 aliphatic carbocycles. The molecule has 78 valence electrons. The fourth-order valence-electron chi connectivity index (χ4n) is 1.41. The smallest absolute Gasteiger partial charge is 0.0406 e. The van der Waals surface area contributed by atoms with Gasteiger partial charge in [-0.05, 0) is 11.6 Å². The second kappa shape index (κ2) is 5.01. The van der Waals surface area contributed by atoms with Crippen molar-refractivity contribution in [3.05, 3.63) is 29.8 Å². The number of rotatable bonds is 4. The van der Waals surface area contributed by atoms with E-state index in [0.717, 1.165) is 6.54 Å². The highest BCUT2D eigenvalue weighted by Crippen LogP contribution is 2.17. The molecule has 1 aromatic carbocycles. The standard InChI is InChI=1S/C12H20N2/c1-10(2)13-9-11-7-5-6-8-12(11)14(3)4/h5-8,10,13H,9H2,1-4H3. The zero-order chi connectivity index (χ0) is 10.6. The monoisotopic (exact) mass is 192 g/mol. The summed E-state index contributed by atoms with van der Waals surface area (Å²) >= 11 is 0. The Kier molecular flexibility index (Phi) is 3.96. The molecule has 0 aromatic heterocycles. The van der Waals surface area contributed by atoms with E-state index in [9.17, 15) is 0 Å². The summed E-state index contributed by atoms with van der Waals surface area (Å²) in [6, 6.07) is 9.02. The van der Waals surface area contributed by atoms with Crippen molar-refractivity contribution in [3.8, 4) is 0 Å². The maximum Gasteiger partial charge on any atom is 0.0406 e. The van der Waals surface area contributed by atoms with Crippen molar-refractivity contribution in [2.24, 2.45) is 0 Å². The molecule has 0 spiro atoms. The van der Waals surface area contributed by atoms with E-state index in [1.165, 1.54) is 11.3 Å². The average molecular weight is 192 g/mol. The first-order chi connectivity index (χ1) is 6.61. The molecule has 1 rings (SSSR count). The van der Waals surface area contributed by atoms with Gasteiger partial charge >= 0.3 is 0 Å². The number of anilines is 1. The van der Waals surface area contributed by atoms with Crippen LogP contribution in [0.1, 0.15) is 19.4 Å². The Morgan fingerprint density at radius 1 is 1.21 bits per heavy atom. The van der Waals surface area contributed by atoms with Crippen molar-refractivity contribution >= 4 is 5.69 Å². The van der Waals surface area contributed by atoms with Crippen LogP contribution in [-0.4, -0.2) is 20.1 Å². The van der Waals surface area contributed by atoms with Crippen molar-refractivity contribution in [3.63, 3.8) is 0 Å². The van der Waals surface area contributed by atoms with Gasteiger partial charge in [-0.25, -0.2) is 0 Å². The Balaban J connectivity index is 2.74. The summed E-state index contributed by atoms with van der Waals surface area (Å²) in [6.45, 7) is 5.27. The largest absolute Gasteiger partial charge is 0.377 e. The van der Waals surface area contributed by atoms with Crippen molar-refractivity contribution in [2.75, 3.05) is 19.0 Å². The predicted octanol–water partition coefficient (Wildman–Crippen LogP) is 2.25. The van der Waals surface area contributed by atoms with Crippen LogP contribution in [0.4, 0.5) is 5.69 Å². The van der Waals surface area contributed by atoms with E-state index in [2.05, 4.69) is 62.4 Å². The van der Waals surface area contributed by atoms with Gasteiger partial charge in [-0.1, -0.05) is 32.0 Å². The van der Waals surface area contributed by atoms with E-state index < -0.39 is 0 Å². The van der Waals surface area contributed by atoms with E-state index in [-0.39, 0.29) is 0 Å². The second-order valence-electron chi connectivity index (χ2n) is 4.06. The zero-order valence-electron chi connectivity index (χ0n) is 9.54. The van der Waals surface area contributed by atoms with Gasteiger partial charge in [-0.3, -0.25) is 0 Å². The van der Waals surface area contributed by atoms with Crippen molar-refractivity contribution in [2.45, 2.75) is 26.4 Å². The normalized spacial score (nSPS) is 10.6. The van der Waals surface area contributed by atoms with Crippen LogP contribution in [0.25, 0.3) is 0 Å². The Bertz CT molecular complexity index is 279. The molecule has 2 heteroatoms. The number of nitrogens with one attached hydrogen (secondary N) is 1. The molecule has 0 heterocycles. The van der Waals surface area contributed by atoms with Crippen LogP contribution in [0, 0.1) is 0 Å². The third-order valence-corrected chi connectivity index (χ3v) is 2.17. The van der Waals surface area contributed by atoms with Crippen LogP contribution in [0.15, 0.2) is 24.3 Å². The maximum absolute atomic E-state index is 3.43. The molecule has 0 bridgehead atoms. The Hall–Kier alpha value is -1.02. The van der Waals surface area contributed by atoms with Crippen LogP contribution in [0.2, 0.25) is 0 Å². The van der Waals surface area contributed by atoms with Crippen LogP contribution < -0.4 is 10.2 Å². The van der Waals surface area contributed by atoms with Gasteiger partial charge in [0, 0.05) is 32.4 Å². The molecule has 0 aliphatic rings. The summed E-state index contributed by atoms with van der Waals surface area (Å²) in [4.78, 5) is 2.15. The van der Waals surface area contributed by atoms with E-state index in [1.807, 2.05) is 0 Å². The van der Waals surface area contributed by atoms with Gasteiger partial charge in [0.2, 0.25) is 0 Å². The van der Waals surface area contributed by atoms with E-state index >= 15 is 0 Å². The second-order valence-corrected chi connectivity index (χ2v) is 4.06. The van der Waals surface area contributed by atoms with Crippen molar-refractivity contribution in [1.29, 1.82) is 0 Å². The summed E-state index contributed by atoms with van der Waals surface area (Å²) in [5.41, 5.74) is 2.65. The topological polar surface area (TPSA) is 15.3 Å². The number of para-hydroxylation sites is 1. The van der Waals surface area contributed by atoms with Gasteiger partial charge in [0.25, 0.3) is 0 Å². The highest BCUT2D eigenvalue weighted by atomic mass is 15.1. The molecular weight excluding hydrogens is 172 g/mol. The molecule has 0 atom stereocenters. The van der Waals surface area contributed by atoms with Crippen LogP contribution >= 0.6 is 0 Å². The zero-order valence-corrected chi connectivity index (χ0v) is 9.54. The molecule has 0 saturated carbocycles. The summed E-state index contributed by atoms with van der Waals surface area (Å²) in [6.07, 6.45) is 0. The summed E-state index contributed by atoms with van der Waals surface area (Å²) in [5.74, 6) is 0. The summed E-state index contributed by atoms with van der Waals surface area (Å²) in [7, 11) is 4.16. The molecule has 0 amide bonds. The maximum atomic E-state index is 3.43. The summed E-state index contributed by atoms with van der Waals surface area (Å²) < 4.78 is 0. The molecule has 1 N–H and O–H groups in total. The minimum atomic E-state index is 0.533. The van der Waals surface area contributed by atoms with Crippen LogP contribution in [0.5, 0.6) is 0 Å². The van der Waals surface area contributed by atoms with Gasteiger partial charge in [0.1, 0.15) is 0 Å². The molecular formula is C12H20N2. The molecule has 0 unspecified atom stereocenters. The van der Waals surface area contributed by atoms with Gasteiger partial charge < -0.3 is 10.2 Å². The Morgan fingerprint density at radius 2 is 1.86 bits per heavy atom. The van der Waals surface area contributed by atoms with Crippen molar-refractivity contribution < 1.29 is 0 Å². The first kappa shape index (κ1) is 11.1. The van der Waals surface area contributed by atoms with Crippen LogP contribution in [-0.2, 0) is 6.54 Å². The molecule has 0 aliphatic heterocycles. The lowest BCUT2D eigenvalue weighted by Gasteiger charge is -2.18. The quantitative estimate of drug-likeness (QED) is 0.787. The first-order valence-electron chi connectivity index (χ1n) is 5.10. The van der Waals surface area contributed by atoms with Gasteiger partial charge in [0.05, 0.1) is 0 Å². The highest BCUT2D eigenvalue weighted by Gasteiger charge is 2.03. The molecule has 14 heavy (non-hydrogen) atoms. The van der Waals surface area contributed by atoms with Gasteiger partial charge in [0.15, 0.2) is 0 Å².